The van der Waals surface area contributed by atoms with Crippen LogP contribution in [0.1, 0.15) is 220 Å². The van der Waals surface area contributed by atoms with Gasteiger partial charge in [-0.15, -0.1) is 0 Å². The Balaban J connectivity index is 4.55. The lowest BCUT2D eigenvalue weighted by Crippen LogP contribution is -2.30. The van der Waals surface area contributed by atoms with Gasteiger partial charge in [-0.2, -0.15) is 0 Å². The minimum atomic E-state index is -0.823. The molecular formula is C56H92O6. The number of hydrogen-bond donors (Lipinski definition) is 0. The van der Waals surface area contributed by atoms with Gasteiger partial charge >= 0.3 is 17.9 Å². The molecule has 6 heteroatoms. The molecule has 1 unspecified atom stereocenters. The monoisotopic (exact) mass is 861 g/mol. The summed E-state index contributed by atoms with van der Waals surface area (Å²) in [7, 11) is 0. The van der Waals surface area contributed by atoms with E-state index < -0.39 is 6.10 Å². The highest BCUT2D eigenvalue weighted by molar-refractivity contribution is 5.71. The molecule has 352 valence electrons. The van der Waals surface area contributed by atoms with Gasteiger partial charge in [0, 0.05) is 19.3 Å². The van der Waals surface area contributed by atoms with Gasteiger partial charge in [0.25, 0.3) is 0 Å². The number of carbonyl (C=O) groups is 3. The molecule has 0 aliphatic carbocycles. The Bertz CT molecular complexity index is 1260. The molecule has 0 radical (unpaired) electrons. The summed E-state index contributed by atoms with van der Waals surface area (Å²) in [6.07, 6.45) is 65.4. The average Bonchev–Trinajstić information content (AvgIpc) is 3.27. The molecule has 0 saturated heterocycles. The van der Waals surface area contributed by atoms with Crippen LogP contribution in [-0.2, 0) is 28.6 Å². The Hall–Kier alpha value is -3.67. The highest BCUT2D eigenvalue weighted by Crippen LogP contribution is 2.12. The molecule has 0 N–H and O–H groups in total. The van der Waals surface area contributed by atoms with Crippen molar-refractivity contribution in [3.8, 4) is 0 Å². The van der Waals surface area contributed by atoms with Crippen molar-refractivity contribution >= 4 is 17.9 Å². The molecule has 0 bridgehead atoms. The van der Waals surface area contributed by atoms with Crippen LogP contribution < -0.4 is 0 Å². The maximum Gasteiger partial charge on any atom is 0.306 e. The van der Waals surface area contributed by atoms with E-state index in [2.05, 4.69) is 87.6 Å². The molecule has 0 aliphatic heterocycles. The van der Waals surface area contributed by atoms with Crippen LogP contribution in [0.2, 0.25) is 0 Å². The lowest BCUT2D eigenvalue weighted by molar-refractivity contribution is -0.166. The average molecular weight is 861 g/mol. The summed E-state index contributed by atoms with van der Waals surface area (Å²) >= 11 is 0. The number of ether oxygens (including phenoxy) is 3. The van der Waals surface area contributed by atoms with Gasteiger partial charge < -0.3 is 14.2 Å². The van der Waals surface area contributed by atoms with Crippen molar-refractivity contribution in [2.45, 2.75) is 226 Å². The molecule has 0 amide bonds. The Kier molecular flexibility index (Phi) is 47.0. The normalized spacial score (nSPS) is 12.9. The van der Waals surface area contributed by atoms with Crippen LogP contribution in [0.15, 0.2) is 97.2 Å². The number of esters is 3. The van der Waals surface area contributed by atoms with Crippen LogP contribution in [0.4, 0.5) is 0 Å². The van der Waals surface area contributed by atoms with Gasteiger partial charge in [0.2, 0.25) is 0 Å². The first-order chi connectivity index (χ1) is 30.5. The van der Waals surface area contributed by atoms with Crippen molar-refractivity contribution < 1.29 is 28.6 Å². The first-order valence-electron chi connectivity index (χ1n) is 25.3. The zero-order valence-corrected chi connectivity index (χ0v) is 40.1. The quantitative estimate of drug-likeness (QED) is 0.0200. The van der Waals surface area contributed by atoms with Crippen molar-refractivity contribution in [3.05, 3.63) is 97.2 Å². The molecular weight excluding hydrogens is 769 g/mol. The molecule has 1 atom stereocenters. The van der Waals surface area contributed by atoms with E-state index in [4.69, 9.17) is 14.2 Å². The van der Waals surface area contributed by atoms with Gasteiger partial charge in [0.05, 0.1) is 0 Å². The number of carbonyl (C=O) groups excluding carboxylic acids is 3. The molecule has 0 aromatic rings. The molecule has 0 aliphatic rings. The summed E-state index contributed by atoms with van der Waals surface area (Å²) in [4.78, 5) is 37.9. The van der Waals surface area contributed by atoms with Crippen LogP contribution in [0.25, 0.3) is 0 Å². The largest absolute Gasteiger partial charge is 0.462 e. The lowest BCUT2D eigenvalue weighted by Gasteiger charge is -2.18. The standard InChI is InChI=1S/C56H92O6/c1-4-7-10-13-16-19-22-25-27-29-31-34-37-40-43-46-49-55(58)61-52-53(51-60-54(57)48-45-42-39-36-33-30-24-21-18-15-12-9-6-3)62-56(59)50-47-44-41-38-35-32-28-26-23-20-17-14-11-8-5-2/h8,11,14,17,20,23,26-31,33-34,39,42,53H,4-7,9-10,12-13,15-16,18-19,21-22,24-25,32,35-38,40-41,43-52H2,1-3H3/b11-8-,17-14-,23-20-,28-26-,29-27-,33-30-,34-31-,42-39-. The SMILES string of the molecule is CC\C=C/C=C\C=C/C=C\CCCCCCCC(=O)OC(COC(=O)CC/C=C\C/C=C\CCCCCCCC)COC(=O)CCCCC/C=C\C=C/CCCCCCCCC. The van der Waals surface area contributed by atoms with Gasteiger partial charge in [-0.1, -0.05) is 214 Å². The summed E-state index contributed by atoms with van der Waals surface area (Å²) in [5.74, 6) is -1.04. The Morgan fingerprint density at radius 1 is 0.355 bits per heavy atom. The number of unbranched alkanes of at least 4 members (excludes halogenated alkanes) is 21. The van der Waals surface area contributed by atoms with Crippen molar-refractivity contribution in [2.75, 3.05) is 13.2 Å². The van der Waals surface area contributed by atoms with Crippen molar-refractivity contribution in [3.63, 3.8) is 0 Å². The molecule has 0 spiro atoms. The second-order valence-electron chi connectivity index (χ2n) is 16.5. The van der Waals surface area contributed by atoms with E-state index >= 15 is 0 Å². The fraction of sp³-hybridized carbons (Fsp3) is 0.661. The van der Waals surface area contributed by atoms with Crippen molar-refractivity contribution in [1.29, 1.82) is 0 Å². The number of allylic oxidation sites excluding steroid dienone is 16. The fourth-order valence-corrected chi connectivity index (χ4v) is 6.61. The van der Waals surface area contributed by atoms with Crippen LogP contribution in [-0.4, -0.2) is 37.2 Å². The van der Waals surface area contributed by atoms with Gasteiger partial charge in [-0.25, -0.2) is 0 Å². The summed E-state index contributed by atoms with van der Waals surface area (Å²) in [5.41, 5.74) is 0. The molecule has 0 heterocycles. The molecule has 0 rings (SSSR count). The van der Waals surface area contributed by atoms with Gasteiger partial charge in [0.1, 0.15) is 13.2 Å². The highest BCUT2D eigenvalue weighted by atomic mass is 16.6. The fourth-order valence-electron chi connectivity index (χ4n) is 6.61. The summed E-state index contributed by atoms with van der Waals surface area (Å²) in [6.45, 7) is 6.38. The molecule has 0 fully saturated rings. The van der Waals surface area contributed by atoms with E-state index in [1.54, 1.807) is 0 Å². The smallest absolute Gasteiger partial charge is 0.306 e. The van der Waals surface area contributed by atoms with Gasteiger partial charge in [0.15, 0.2) is 6.10 Å². The molecule has 6 nitrogen and oxygen atoms in total. The third-order valence-electron chi connectivity index (χ3n) is 10.4. The topological polar surface area (TPSA) is 78.9 Å². The molecule has 0 aromatic carbocycles. The summed E-state index contributed by atoms with van der Waals surface area (Å²) < 4.78 is 16.7. The maximum absolute atomic E-state index is 12.8. The van der Waals surface area contributed by atoms with E-state index in [1.807, 2.05) is 30.4 Å². The molecule has 0 saturated carbocycles. The van der Waals surface area contributed by atoms with E-state index in [0.29, 0.717) is 12.8 Å². The minimum Gasteiger partial charge on any atom is -0.462 e. The predicted molar refractivity (Wildman–Crippen MR) is 265 cm³/mol. The zero-order valence-electron chi connectivity index (χ0n) is 40.1. The Labute approximate surface area is 381 Å². The van der Waals surface area contributed by atoms with E-state index in [9.17, 15) is 14.4 Å². The zero-order chi connectivity index (χ0) is 45.1. The number of hydrogen-bond acceptors (Lipinski definition) is 6. The lowest BCUT2D eigenvalue weighted by atomic mass is 10.1. The molecule has 0 aromatic heterocycles. The first-order valence-corrected chi connectivity index (χ1v) is 25.3. The summed E-state index contributed by atoms with van der Waals surface area (Å²) in [5, 5.41) is 0. The highest BCUT2D eigenvalue weighted by Gasteiger charge is 2.19. The van der Waals surface area contributed by atoms with E-state index in [0.717, 1.165) is 89.9 Å². The van der Waals surface area contributed by atoms with Gasteiger partial charge in [-0.05, 0) is 83.5 Å². The third-order valence-corrected chi connectivity index (χ3v) is 10.4. The van der Waals surface area contributed by atoms with Crippen LogP contribution in [0, 0.1) is 0 Å². The first kappa shape index (κ1) is 58.3. The van der Waals surface area contributed by atoms with Crippen LogP contribution in [0.3, 0.4) is 0 Å². The minimum absolute atomic E-state index is 0.119. The Morgan fingerprint density at radius 3 is 1.24 bits per heavy atom. The predicted octanol–water partition coefficient (Wildman–Crippen LogP) is 16.6. The Morgan fingerprint density at radius 2 is 0.726 bits per heavy atom. The van der Waals surface area contributed by atoms with Crippen LogP contribution in [0.5, 0.6) is 0 Å². The second kappa shape index (κ2) is 50.0. The maximum atomic E-state index is 12.8. The van der Waals surface area contributed by atoms with Crippen molar-refractivity contribution in [1.82, 2.24) is 0 Å². The number of rotatable bonds is 44. The summed E-state index contributed by atoms with van der Waals surface area (Å²) in [6, 6.07) is 0. The second-order valence-corrected chi connectivity index (χ2v) is 16.5. The third kappa shape index (κ3) is 47.4. The van der Waals surface area contributed by atoms with E-state index in [-0.39, 0.29) is 44.0 Å². The van der Waals surface area contributed by atoms with E-state index in [1.165, 1.54) is 83.5 Å². The van der Waals surface area contributed by atoms with Crippen molar-refractivity contribution in [2.24, 2.45) is 0 Å². The van der Waals surface area contributed by atoms with Gasteiger partial charge in [-0.3, -0.25) is 14.4 Å². The van der Waals surface area contributed by atoms with Crippen LogP contribution >= 0.6 is 0 Å². The molecule has 62 heavy (non-hydrogen) atoms.